The van der Waals surface area contributed by atoms with Gasteiger partial charge in [-0.1, -0.05) is 60.7 Å². The molecule has 0 aliphatic rings. The molecule has 0 aliphatic carbocycles. The van der Waals surface area contributed by atoms with Crippen molar-refractivity contribution in [2.45, 2.75) is 6.92 Å². The van der Waals surface area contributed by atoms with Gasteiger partial charge in [-0.2, -0.15) is 0 Å². The summed E-state index contributed by atoms with van der Waals surface area (Å²) in [5, 5.41) is 0. The summed E-state index contributed by atoms with van der Waals surface area (Å²) in [6.07, 6.45) is 0. The number of carbonyl (C=O) groups is 2. The Morgan fingerprint density at radius 2 is 1.46 bits per heavy atom. The number of hydrogen-bond acceptors (Lipinski definition) is 4. The molecule has 2 aromatic carbocycles. The van der Waals surface area contributed by atoms with Gasteiger partial charge in [0.1, 0.15) is 11.3 Å². The standard InChI is InChI=1S/C20H14O4/c1-13(21)18-16(19(22)15-10-6-3-7-11-15)12-17(24-20(18)23)14-8-4-2-5-9-14/h2-12H,1H3. The van der Waals surface area contributed by atoms with E-state index in [1.807, 2.05) is 6.07 Å². The first-order valence-electron chi connectivity index (χ1n) is 7.42. The zero-order valence-electron chi connectivity index (χ0n) is 13.0. The molecule has 0 aliphatic heterocycles. The Kier molecular flexibility index (Phi) is 4.20. The number of ketones is 2. The summed E-state index contributed by atoms with van der Waals surface area (Å²) in [7, 11) is 0. The minimum absolute atomic E-state index is 0.0591. The van der Waals surface area contributed by atoms with Gasteiger partial charge in [0.25, 0.3) is 0 Å². The van der Waals surface area contributed by atoms with Gasteiger partial charge in [-0.25, -0.2) is 4.79 Å². The smallest absolute Gasteiger partial charge is 0.347 e. The zero-order chi connectivity index (χ0) is 17.1. The average molecular weight is 318 g/mol. The van der Waals surface area contributed by atoms with E-state index in [1.54, 1.807) is 54.6 Å². The lowest BCUT2D eigenvalue weighted by Crippen LogP contribution is -2.19. The first-order valence-corrected chi connectivity index (χ1v) is 7.42. The van der Waals surface area contributed by atoms with Gasteiger partial charge in [0.05, 0.1) is 0 Å². The number of Topliss-reactive ketones (excluding diaryl/α,β-unsaturated/α-hetero) is 1. The van der Waals surface area contributed by atoms with Gasteiger partial charge in [-0.05, 0) is 13.0 Å². The summed E-state index contributed by atoms with van der Waals surface area (Å²) in [6, 6.07) is 19.0. The third kappa shape index (κ3) is 2.94. The molecule has 24 heavy (non-hydrogen) atoms. The van der Waals surface area contributed by atoms with Crippen molar-refractivity contribution < 1.29 is 14.0 Å². The second kappa shape index (κ2) is 6.46. The Labute approximate surface area is 138 Å². The molecule has 0 amide bonds. The summed E-state index contributed by atoms with van der Waals surface area (Å²) >= 11 is 0. The molecule has 0 fully saturated rings. The minimum Gasteiger partial charge on any atom is -0.422 e. The highest BCUT2D eigenvalue weighted by Gasteiger charge is 2.22. The first-order chi connectivity index (χ1) is 11.6. The molecule has 0 atom stereocenters. The fraction of sp³-hybridized carbons (Fsp3) is 0.0500. The number of benzene rings is 2. The van der Waals surface area contributed by atoms with Crippen LogP contribution in [0.1, 0.15) is 33.2 Å². The highest BCUT2D eigenvalue weighted by atomic mass is 16.4. The van der Waals surface area contributed by atoms with E-state index in [4.69, 9.17) is 4.42 Å². The van der Waals surface area contributed by atoms with Gasteiger partial charge in [-0.15, -0.1) is 0 Å². The highest BCUT2D eigenvalue weighted by Crippen LogP contribution is 2.22. The zero-order valence-corrected chi connectivity index (χ0v) is 13.0. The second-order valence-corrected chi connectivity index (χ2v) is 5.30. The fourth-order valence-electron chi connectivity index (χ4n) is 2.50. The van der Waals surface area contributed by atoms with Crippen molar-refractivity contribution >= 4 is 11.6 Å². The molecule has 0 saturated carbocycles. The number of rotatable bonds is 4. The van der Waals surface area contributed by atoms with Crippen molar-refractivity contribution in [3.8, 4) is 11.3 Å². The lowest BCUT2D eigenvalue weighted by molar-refractivity contribution is 0.0986. The Hall–Kier alpha value is -3.27. The van der Waals surface area contributed by atoms with Crippen molar-refractivity contribution in [2.24, 2.45) is 0 Å². The Morgan fingerprint density at radius 1 is 0.875 bits per heavy atom. The Balaban J connectivity index is 2.23. The summed E-state index contributed by atoms with van der Waals surface area (Å²) in [4.78, 5) is 36.9. The molecule has 1 heterocycles. The molecule has 0 spiro atoms. The van der Waals surface area contributed by atoms with Crippen LogP contribution in [0.2, 0.25) is 0 Å². The van der Waals surface area contributed by atoms with E-state index >= 15 is 0 Å². The maximum absolute atomic E-state index is 12.8. The van der Waals surface area contributed by atoms with E-state index in [0.717, 1.165) is 0 Å². The van der Waals surface area contributed by atoms with Crippen molar-refractivity contribution in [2.75, 3.05) is 0 Å². The normalized spacial score (nSPS) is 10.4. The molecule has 1 aromatic heterocycles. The molecule has 0 radical (unpaired) electrons. The van der Waals surface area contributed by atoms with Crippen molar-refractivity contribution in [3.05, 3.63) is 93.8 Å². The SMILES string of the molecule is CC(=O)c1c(C(=O)c2ccccc2)cc(-c2ccccc2)oc1=O. The molecule has 0 saturated heterocycles. The third-order valence-corrected chi connectivity index (χ3v) is 3.64. The topological polar surface area (TPSA) is 64.3 Å². The molecule has 4 heteroatoms. The molecule has 0 N–H and O–H groups in total. The van der Waals surface area contributed by atoms with Gasteiger partial charge >= 0.3 is 5.63 Å². The summed E-state index contributed by atoms with van der Waals surface area (Å²) in [5.74, 6) is -0.626. The maximum atomic E-state index is 12.8. The monoisotopic (exact) mass is 318 g/mol. The summed E-state index contributed by atoms with van der Waals surface area (Å²) < 4.78 is 5.25. The van der Waals surface area contributed by atoms with E-state index in [1.165, 1.54) is 13.0 Å². The van der Waals surface area contributed by atoms with Gasteiger partial charge in [0.15, 0.2) is 11.6 Å². The van der Waals surface area contributed by atoms with Crippen LogP contribution in [0.25, 0.3) is 11.3 Å². The van der Waals surface area contributed by atoms with Gasteiger partial charge < -0.3 is 4.42 Å². The molecule has 118 valence electrons. The molecule has 0 unspecified atom stereocenters. The predicted molar refractivity (Wildman–Crippen MR) is 90.3 cm³/mol. The average Bonchev–Trinajstić information content (AvgIpc) is 2.61. The van der Waals surface area contributed by atoms with E-state index < -0.39 is 11.4 Å². The number of carbonyl (C=O) groups excluding carboxylic acids is 2. The predicted octanol–water partition coefficient (Wildman–Crippen LogP) is 3.74. The van der Waals surface area contributed by atoms with Crippen molar-refractivity contribution in [1.29, 1.82) is 0 Å². The first kappa shape index (κ1) is 15.6. The van der Waals surface area contributed by atoms with E-state index in [2.05, 4.69) is 0 Å². The van der Waals surface area contributed by atoms with Crippen LogP contribution < -0.4 is 5.63 Å². The Bertz CT molecular complexity index is 954. The maximum Gasteiger partial charge on any atom is 0.347 e. The van der Waals surface area contributed by atoms with E-state index in [9.17, 15) is 14.4 Å². The third-order valence-electron chi connectivity index (χ3n) is 3.64. The van der Waals surface area contributed by atoms with Gasteiger partial charge in [0, 0.05) is 16.7 Å². The lowest BCUT2D eigenvalue weighted by atomic mass is 9.97. The van der Waals surface area contributed by atoms with Crippen LogP contribution in [0.4, 0.5) is 0 Å². The molecule has 3 rings (SSSR count). The lowest BCUT2D eigenvalue weighted by Gasteiger charge is -2.08. The summed E-state index contributed by atoms with van der Waals surface area (Å²) in [6.45, 7) is 1.25. The minimum atomic E-state index is -0.803. The molecule has 0 bridgehead atoms. The number of hydrogen-bond donors (Lipinski definition) is 0. The molecule has 4 nitrogen and oxygen atoms in total. The van der Waals surface area contributed by atoms with Crippen molar-refractivity contribution in [1.82, 2.24) is 0 Å². The Morgan fingerprint density at radius 3 is 2.04 bits per heavy atom. The largest absolute Gasteiger partial charge is 0.422 e. The molecule has 3 aromatic rings. The van der Waals surface area contributed by atoms with Crippen LogP contribution in [-0.4, -0.2) is 11.6 Å². The van der Waals surface area contributed by atoms with Crippen LogP contribution in [0.3, 0.4) is 0 Å². The molecular formula is C20H14O4. The van der Waals surface area contributed by atoms with Crippen molar-refractivity contribution in [3.63, 3.8) is 0 Å². The van der Waals surface area contributed by atoms with Crippen LogP contribution in [0, 0.1) is 0 Å². The highest BCUT2D eigenvalue weighted by molar-refractivity contribution is 6.15. The van der Waals surface area contributed by atoms with Gasteiger partial charge in [0.2, 0.25) is 0 Å². The molecular weight excluding hydrogens is 304 g/mol. The fourth-order valence-corrected chi connectivity index (χ4v) is 2.50. The van der Waals surface area contributed by atoms with Crippen LogP contribution in [0.5, 0.6) is 0 Å². The van der Waals surface area contributed by atoms with E-state index in [0.29, 0.717) is 11.1 Å². The van der Waals surface area contributed by atoms with Crippen LogP contribution in [-0.2, 0) is 0 Å². The quantitative estimate of drug-likeness (QED) is 0.687. The van der Waals surface area contributed by atoms with Crippen LogP contribution in [0.15, 0.2) is 75.9 Å². The van der Waals surface area contributed by atoms with E-state index in [-0.39, 0.29) is 22.7 Å². The summed E-state index contributed by atoms with van der Waals surface area (Å²) in [5.41, 5.74) is 0.104. The van der Waals surface area contributed by atoms with Crippen LogP contribution >= 0.6 is 0 Å². The van der Waals surface area contributed by atoms with Gasteiger partial charge in [-0.3, -0.25) is 9.59 Å². The second-order valence-electron chi connectivity index (χ2n) is 5.30.